The third kappa shape index (κ3) is 2.91. The van der Waals surface area contributed by atoms with Crippen molar-refractivity contribution >= 4 is 56.1 Å². The topological polar surface area (TPSA) is 52.6 Å². The summed E-state index contributed by atoms with van der Waals surface area (Å²) in [5, 5.41) is 1.54. The second kappa shape index (κ2) is 7.00. The number of benzene rings is 3. The molecule has 0 saturated carbocycles. The minimum atomic E-state index is -3.03. The molecule has 0 aliphatic carbocycles. The Hall–Kier alpha value is -3.09. The number of para-hydroxylation sites is 1. The predicted octanol–water partition coefficient (Wildman–Crippen LogP) is 7.27. The molecule has 30 heavy (non-hydrogen) atoms. The van der Waals surface area contributed by atoms with E-state index in [-0.39, 0.29) is 33.1 Å². The number of ether oxygens (including phenoxy) is 1. The molecular formula is C22H10Cl2F2O4. The lowest BCUT2D eigenvalue weighted by molar-refractivity contribution is -0.0493. The maximum atomic E-state index is 12.9. The average Bonchev–Trinajstić information content (AvgIpc) is 3.11. The van der Waals surface area contributed by atoms with E-state index in [0.717, 1.165) is 0 Å². The number of hydrogen-bond donors (Lipinski definition) is 0. The Balaban J connectivity index is 1.89. The minimum Gasteiger partial charge on any atom is -0.454 e. The van der Waals surface area contributed by atoms with Crippen LogP contribution < -0.4 is 10.2 Å². The van der Waals surface area contributed by atoms with Crippen molar-refractivity contribution in [3.63, 3.8) is 0 Å². The minimum absolute atomic E-state index is 0.0941. The fourth-order valence-electron chi connectivity index (χ4n) is 3.50. The summed E-state index contributed by atoms with van der Waals surface area (Å²) >= 11 is 12.3. The van der Waals surface area contributed by atoms with Crippen LogP contribution in [0.5, 0.6) is 5.75 Å². The molecule has 0 spiro atoms. The van der Waals surface area contributed by atoms with Crippen molar-refractivity contribution in [3.05, 3.63) is 74.9 Å². The fourth-order valence-corrected chi connectivity index (χ4v) is 3.91. The first-order valence-electron chi connectivity index (χ1n) is 8.75. The van der Waals surface area contributed by atoms with Crippen LogP contribution in [0, 0.1) is 0 Å². The standard InChI is InChI=1S/C22H10Cl2F2O4/c23-10-5-7-15-13(9-10)19(27)18(24)20(28-15)12-6-8-16(30-22(25)26)21-17(12)11-3-1-2-4-14(11)29-21/h1-9,22H. The molecule has 0 bridgehead atoms. The zero-order valence-corrected chi connectivity index (χ0v) is 16.4. The Bertz CT molecular complexity index is 1500. The summed E-state index contributed by atoms with van der Waals surface area (Å²) < 4.78 is 42.1. The van der Waals surface area contributed by atoms with Gasteiger partial charge >= 0.3 is 6.61 Å². The molecular weight excluding hydrogens is 437 g/mol. The normalized spacial score (nSPS) is 11.8. The highest BCUT2D eigenvalue weighted by atomic mass is 35.5. The second-order valence-corrected chi connectivity index (χ2v) is 7.32. The summed E-state index contributed by atoms with van der Waals surface area (Å²) in [5.74, 6) is -0.0392. The highest BCUT2D eigenvalue weighted by Crippen LogP contribution is 2.43. The Kier molecular flexibility index (Phi) is 4.41. The van der Waals surface area contributed by atoms with Crippen molar-refractivity contribution in [2.75, 3.05) is 0 Å². The monoisotopic (exact) mass is 446 g/mol. The van der Waals surface area contributed by atoms with Crippen molar-refractivity contribution in [3.8, 4) is 17.1 Å². The molecule has 3 aromatic carbocycles. The van der Waals surface area contributed by atoms with E-state index in [1.54, 1.807) is 36.4 Å². The Labute approximate surface area is 177 Å². The zero-order valence-electron chi connectivity index (χ0n) is 14.9. The van der Waals surface area contributed by atoms with Crippen molar-refractivity contribution in [1.29, 1.82) is 0 Å². The van der Waals surface area contributed by atoms with Crippen LogP contribution in [0.3, 0.4) is 0 Å². The van der Waals surface area contributed by atoms with E-state index in [1.807, 2.05) is 0 Å². The van der Waals surface area contributed by atoms with E-state index >= 15 is 0 Å². The number of fused-ring (bicyclic) bond motifs is 4. The fraction of sp³-hybridized carbons (Fsp3) is 0.0455. The van der Waals surface area contributed by atoms with Crippen LogP contribution in [-0.4, -0.2) is 6.61 Å². The summed E-state index contributed by atoms with van der Waals surface area (Å²) in [4.78, 5) is 12.8. The van der Waals surface area contributed by atoms with Gasteiger partial charge < -0.3 is 13.6 Å². The van der Waals surface area contributed by atoms with Gasteiger partial charge in [-0.2, -0.15) is 8.78 Å². The van der Waals surface area contributed by atoms with E-state index in [4.69, 9.17) is 32.0 Å². The Morgan fingerprint density at radius 3 is 2.47 bits per heavy atom. The first-order chi connectivity index (χ1) is 14.4. The molecule has 4 nitrogen and oxygen atoms in total. The van der Waals surface area contributed by atoms with Crippen LogP contribution in [0.25, 0.3) is 44.2 Å². The summed E-state index contributed by atoms with van der Waals surface area (Å²) in [5.41, 5.74) is 0.812. The molecule has 0 N–H and O–H groups in total. The summed E-state index contributed by atoms with van der Waals surface area (Å²) in [6, 6.07) is 14.5. The molecule has 0 aliphatic heterocycles. The molecule has 150 valence electrons. The SMILES string of the molecule is O=c1c(Cl)c(-c2ccc(OC(F)F)c3oc4ccccc4c23)oc2ccc(Cl)cc12. The van der Waals surface area contributed by atoms with E-state index in [1.165, 1.54) is 18.2 Å². The molecule has 0 atom stereocenters. The van der Waals surface area contributed by atoms with Crippen molar-refractivity contribution in [2.45, 2.75) is 6.61 Å². The maximum Gasteiger partial charge on any atom is 0.387 e. The van der Waals surface area contributed by atoms with Crippen molar-refractivity contribution < 1.29 is 22.4 Å². The number of rotatable bonds is 3. The molecule has 0 unspecified atom stereocenters. The third-order valence-corrected chi connectivity index (χ3v) is 5.33. The van der Waals surface area contributed by atoms with E-state index < -0.39 is 12.0 Å². The quantitative estimate of drug-likeness (QED) is 0.292. The lowest BCUT2D eigenvalue weighted by Gasteiger charge is -2.10. The van der Waals surface area contributed by atoms with E-state index in [2.05, 4.69) is 4.74 Å². The van der Waals surface area contributed by atoms with Gasteiger partial charge in [-0.25, -0.2) is 0 Å². The van der Waals surface area contributed by atoms with Crippen LogP contribution in [-0.2, 0) is 0 Å². The molecule has 0 aliphatic rings. The largest absolute Gasteiger partial charge is 0.454 e. The summed E-state index contributed by atoms with van der Waals surface area (Å²) in [7, 11) is 0. The van der Waals surface area contributed by atoms with Gasteiger partial charge in [-0.3, -0.25) is 4.79 Å². The van der Waals surface area contributed by atoms with Crippen molar-refractivity contribution in [2.24, 2.45) is 0 Å². The van der Waals surface area contributed by atoms with E-state index in [0.29, 0.717) is 26.9 Å². The lowest BCUT2D eigenvalue weighted by Crippen LogP contribution is -2.04. The van der Waals surface area contributed by atoms with E-state index in [9.17, 15) is 13.6 Å². The van der Waals surface area contributed by atoms with Crippen LogP contribution in [0.2, 0.25) is 10.0 Å². The Morgan fingerprint density at radius 2 is 1.67 bits per heavy atom. The highest BCUT2D eigenvalue weighted by Gasteiger charge is 2.23. The van der Waals surface area contributed by atoms with Crippen molar-refractivity contribution in [1.82, 2.24) is 0 Å². The predicted molar refractivity (Wildman–Crippen MR) is 112 cm³/mol. The van der Waals surface area contributed by atoms with Gasteiger partial charge in [0.25, 0.3) is 0 Å². The van der Waals surface area contributed by atoms with Gasteiger partial charge in [0.05, 0.1) is 5.39 Å². The molecule has 2 heterocycles. The molecule has 0 amide bonds. The van der Waals surface area contributed by atoms with Crippen LogP contribution in [0.1, 0.15) is 0 Å². The van der Waals surface area contributed by atoms with Gasteiger partial charge in [-0.05, 0) is 36.4 Å². The number of hydrogen-bond acceptors (Lipinski definition) is 4. The van der Waals surface area contributed by atoms with Gasteiger partial charge in [0, 0.05) is 21.4 Å². The van der Waals surface area contributed by atoms with Gasteiger partial charge in [0.1, 0.15) is 16.2 Å². The summed E-state index contributed by atoms with van der Waals surface area (Å²) in [6.45, 7) is -3.03. The summed E-state index contributed by atoms with van der Waals surface area (Å²) in [6.07, 6.45) is 0. The first kappa shape index (κ1) is 18.9. The van der Waals surface area contributed by atoms with Gasteiger partial charge in [-0.1, -0.05) is 41.4 Å². The number of halogens is 4. The first-order valence-corrected chi connectivity index (χ1v) is 9.51. The van der Waals surface area contributed by atoms with Crippen LogP contribution in [0.4, 0.5) is 8.78 Å². The van der Waals surface area contributed by atoms with Gasteiger partial charge in [-0.15, -0.1) is 0 Å². The molecule has 0 radical (unpaired) electrons. The molecule has 0 saturated heterocycles. The smallest absolute Gasteiger partial charge is 0.387 e. The average molecular weight is 447 g/mol. The molecule has 2 aromatic heterocycles. The van der Waals surface area contributed by atoms with Crippen LogP contribution in [0.15, 0.2) is 68.2 Å². The zero-order chi connectivity index (χ0) is 21.0. The lowest BCUT2D eigenvalue weighted by atomic mass is 10.0. The molecule has 8 heteroatoms. The van der Waals surface area contributed by atoms with Gasteiger partial charge in [0.15, 0.2) is 17.1 Å². The van der Waals surface area contributed by atoms with Gasteiger partial charge in [0.2, 0.25) is 5.43 Å². The highest BCUT2D eigenvalue weighted by molar-refractivity contribution is 6.34. The number of alkyl halides is 2. The molecule has 0 fully saturated rings. The molecule has 5 rings (SSSR count). The third-order valence-electron chi connectivity index (χ3n) is 4.75. The Morgan fingerprint density at radius 1 is 0.900 bits per heavy atom. The van der Waals surface area contributed by atoms with Crippen LogP contribution >= 0.6 is 23.2 Å². The maximum absolute atomic E-state index is 12.9. The second-order valence-electron chi connectivity index (χ2n) is 6.51. The number of furan rings is 1. The molecule has 5 aromatic rings.